The van der Waals surface area contributed by atoms with E-state index in [0.29, 0.717) is 11.1 Å². The van der Waals surface area contributed by atoms with Crippen LogP contribution in [0.2, 0.25) is 0 Å². The summed E-state index contributed by atoms with van der Waals surface area (Å²) in [4.78, 5) is 12.4. The topological polar surface area (TPSA) is 38.3 Å². The van der Waals surface area contributed by atoms with Gasteiger partial charge in [0.15, 0.2) is 0 Å². The van der Waals surface area contributed by atoms with Crippen molar-refractivity contribution < 1.29 is 22.5 Å². The molecule has 168 valence electrons. The molecule has 0 aromatic heterocycles. The van der Waals surface area contributed by atoms with Crippen LogP contribution in [0.4, 0.5) is 17.7 Å². The fraction of sp³-hybridized carbons (Fsp3) is 0.192. The summed E-state index contributed by atoms with van der Waals surface area (Å²) < 4.78 is 46.0. The van der Waals surface area contributed by atoms with Crippen LogP contribution in [0.1, 0.15) is 39.3 Å². The number of terminal acetylenes is 1. The van der Waals surface area contributed by atoms with Crippen LogP contribution in [0.25, 0.3) is 11.1 Å². The van der Waals surface area contributed by atoms with Crippen molar-refractivity contribution in [1.82, 2.24) is 5.32 Å². The van der Waals surface area contributed by atoms with Crippen LogP contribution in [0.5, 0.6) is 0 Å². The monoisotopic (exact) mass is 448 g/mol. The molecule has 1 aliphatic carbocycles. The molecular formula is C26H22BF3NO2-. The van der Waals surface area contributed by atoms with Crippen molar-refractivity contribution in [3.63, 3.8) is 0 Å². The predicted molar refractivity (Wildman–Crippen MR) is 124 cm³/mol. The van der Waals surface area contributed by atoms with Gasteiger partial charge in [0, 0.05) is 18.0 Å². The molecule has 0 atom stereocenters. The van der Waals surface area contributed by atoms with Crippen LogP contribution in [-0.4, -0.2) is 19.7 Å². The normalized spacial score (nSPS) is 12.6. The van der Waals surface area contributed by atoms with E-state index in [1.165, 1.54) is 6.92 Å². The van der Waals surface area contributed by atoms with Gasteiger partial charge in [-0.25, -0.2) is 4.79 Å². The van der Waals surface area contributed by atoms with Gasteiger partial charge in [-0.1, -0.05) is 66.1 Å². The fourth-order valence-corrected chi connectivity index (χ4v) is 4.55. The van der Waals surface area contributed by atoms with E-state index in [2.05, 4.69) is 11.2 Å². The lowest BCUT2D eigenvalue weighted by Gasteiger charge is -2.23. The first-order valence-electron chi connectivity index (χ1n) is 10.6. The minimum Gasteiger partial charge on any atom is -0.449 e. The highest BCUT2D eigenvalue weighted by atomic mass is 19.4. The van der Waals surface area contributed by atoms with E-state index < -0.39 is 18.5 Å². The second-order valence-electron chi connectivity index (χ2n) is 8.15. The lowest BCUT2D eigenvalue weighted by atomic mass is 9.74. The summed E-state index contributed by atoms with van der Waals surface area (Å²) in [5.74, 6) is 2.25. The Morgan fingerprint density at radius 1 is 1.03 bits per heavy atom. The van der Waals surface area contributed by atoms with Crippen LogP contribution in [-0.2, 0) is 11.3 Å². The SMILES string of the molecule is C#Cc1c(C)c(CNC(=O)OCC2c3ccccc3-c3ccccc32)cc([B-](F)(F)F)c1C. The number of fused-ring (bicyclic) bond motifs is 3. The molecule has 0 fully saturated rings. The molecule has 0 saturated heterocycles. The van der Waals surface area contributed by atoms with Crippen molar-refractivity contribution in [2.24, 2.45) is 0 Å². The molecule has 0 heterocycles. The first kappa shape index (κ1) is 22.5. The summed E-state index contributed by atoms with van der Waals surface area (Å²) in [5.41, 5.74) is 4.74. The Balaban J connectivity index is 1.48. The summed E-state index contributed by atoms with van der Waals surface area (Å²) >= 11 is 0. The molecule has 0 bridgehead atoms. The Kier molecular flexibility index (Phi) is 5.94. The number of rotatable bonds is 5. The molecule has 4 rings (SSSR count). The van der Waals surface area contributed by atoms with Crippen molar-refractivity contribution >= 4 is 18.5 Å². The first-order valence-corrected chi connectivity index (χ1v) is 10.6. The summed E-state index contributed by atoms with van der Waals surface area (Å²) in [6.45, 7) is -2.19. The van der Waals surface area contributed by atoms with Gasteiger partial charge >= 0.3 is 13.1 Å². The van der Waals surface area contributed by atoms with Gasteiger partial charge in [-0.05, 0) is 47.2 Å². The van der Waals surface area contributed by atoms with Crippen LogP contribution < -0.4 is 10.8 Å². The van der Waals surface area contributed by atoms with Crippen LogP contribution in [0.15, 0.2) is 54.6 Å². The average Bonchev–Trinajstić information content (AvgIpc) is 3.10. The van der Waals surface area contributed by atoms with Crippen LogP contribution >= 0.6 is 0 Å². The molecule has 3 nitrogen and oxygen atoms in total. The van der Waals surface area contributed by atoms with Gasteiger partial charge in [-0.2, -0.15) is 0 Å². The number of hydrogen-bond donors (Lipinski definition) is 1. The molecule has 0 unspecified atom stereocenters. The maximum atomic E-state index is 13.5. The third kappa shape index (κ3) is 4.21. The number of benzene rings is 3. The number of alkyl carbamates (subject to hydrolysis) is 1. The van der Waals surface area contributed by atoms with E-state index in [4.69, 9.17) is 11.2 Å². The molecule has 0 spiro atoms. The molecule has 3 aromatic carbocycles. The van der Waals surface area contributed by atoms with Crippen molar-refractivity contribution in [2.45, 2.75) is 26.3 Å². The number of carbonyl (C=O) groups is 1. The van der Waals surface area contributed by atoms with Gasteiger partial charge in [0.05, 0.1) is 0 Å². The van der Waals surface area contributed by atoms with Crippen molar-refractivity contribution in [3.8, 4) is 23.5 Å². The average molecular weight is 448 g/mol. The molecule has 1 aliphatic rings. The van der Waals surface area contributed by atoms with Crippen LogP contribution in [0.3, 0.4) is 0 Å². The number of amides is 1. The van der Waals surface area contributed by atoms with E-state index in [1.54, 1.807) is 6.92 Å². The maximum Gasteiger partial charge on any atom is 0.509 e. The number of nitrogens with one attached hydrogen (secondary N) is 1. The van der Waals surface area contributed by atoms with E-state index in [1.807, 2.05) is 48.5 Å². The Hall–Kier alpha value is -3.66. The minimum atomic E-state index is -5.23. The zero-order chi connectivity index (χ0) is 23.8. The molecule has 33 heavy (non-hydrogen) atoms. The van der Waals surface area contributed by atoms with Gasteiger partial charge in [-0.15, -0.1) is 11.9 Å². The fourth-order valence-electron chi connectivity index (χ4n) is 4.55. The van der Waals surface area contributed by atoms with Crippen molar-refractivity contribution in [1.29, 1.82) is 0 Å². The number of carbonyl (C=O) groups excluding carboxylic acids is 1. The van der Waals surface area contributed by atoms with Gasteiger partial charge in [-0.3, -0.25) is 0 Å². The summed E-state index contributed by atoms with van der Waals surface area (Å²) in [7, 11) is 0. The van der Waals surface area contributed by atoms with E-state index in [-0.39, 0.29) is 30.2 Å². The zero-order valence-electron chi connectivity index (χ0n) is 18.3. The Morgan fingerprint density at radius 3 is 2.15 bits per heavy atom. The first-order chi connectivity index (χ1) is 15.7. The van der Waals surface area contributed by atoms with Gasteiger partial charge in [0.2, 0.25) is 0 Å². The van der Waals surface area contributed by atoms with Gasteiger partial charge in [0.1, 0.15) is 6.61 Å². The highest BCUT2D eigenvalue weighted by molar-refractivity contribution is 6.74. The maximum absolute atomic E-state index is 13.5. The van der Waals surface area contributed by atoms with Gasteiger partial charge < -0.3 is 23.0 Å². The third-order valence-electron chi connectivity index (χ3n) is 6.26. The molecule has 1 amide bonds. The molecule has 0 saturated carbocycles. The summed E-state index contributed by atoms with van der Waals surface area (Å²) in [5, 5.41) is 2.57. The predicted octanol–water partition coefficient (Wildman–Crippen LogP) is 5.38. The quantitative estimate of drug-likeness (QED) is 0.421. The zero-order valence-corrected chi connectivity index (χ0v) is 18.3. The molecule has 7 heteroatoms. The smallest absolute Gasteiger partial charge is 0.449 e. The van der Waals surface area contributed by atoms with E-state index >= 15 is 0 Å². The number of halogens is 3. The van der Waals surface area contributed by atoms with Crippen molar-refractivity contribution in [3.05, 3.63) is 88.0 Å². The molecular weight excluding hydrogens is 426 g/mol. The molecule has 0 aliphatic heterocycles. The molecule has 1 N–H and O–H groups in total. The van der Waals surface area contributed by atoms with E-state index in [0.717, 1.165) is 28.3 Å². The Labute approximate surface area is 191 Å². The van der Waals surface area contributed by atoms with Crippen molar-refractivity contribution in [2.75, 3.05) is 6.61 Å². The second kappa shape index (κ2) is 8.70. The minimum absolute atomic E-state index is 0.0346. The third-order valence-corrected chi connectivity index (χ3v) is 6.26. The number of ether oxygens (including phenoxy) is 1. The highest BCUT2D eigenvalue weighted by Gasteiger charge is 2.30. The Bertz CT molecular complexity index is 1230. The van der Waals surface area contributed by atoms with E-state index in [9.17, 15) is 17.7 Å². The second-order valence-corrected chi connectivity index (χ2v) is 8.15. The largest absolute Gasteiger partial charge is 0.509 e. The van der Waals surface area contributed by atoms with Crippen LogP contribution in [0, 0.1) is 26.2 Å². The summed E-state index contributed by atoms with van der Waals surface area (Å²) in [6.07, 6.45) is 4.77. The standard InChI is InChI=1S/C26H22BF3NO2/c1-4-19-16(2)18(13-25(17(19)3)27(28,29)30)14-31-26(32)33-15-24-22-11-7-5-9-20(22)21-10-6-8-12-23(21)24/h1,5-13,24H,14-15H2,2-3H3,(H,31,32)/q-1. The lowest BCUT2D eigenvalue weighted by molar-refractivity contribution is 0.142. The molecule has 0 radical (unpaired) electrons. The van der Waals surface area contributed by atoms with Gasteiger partial charge in [0.25, 0.3) is 0 Å². The Morgan fingerprint density at radius 2 is 1.61 bits per heavy atom. The number of hydrogen-bond acceptors (Lipinski definition) is 2. The molecule has 3 aromatic rings. The summed E-state index contributed by atoms with van der Waals surface area (Å²) in [6, 6.07) is 17.0. The highest BCUT2D eigenvalue weighted by Crippen LogP contribution is 2.44. The lowest BCUT2D eigenvalue weighted by Crippen LogP contribution is -2.38.